The average Bonchev–Trinajstić information content (AvgIpc) is 2.66. The van der Waals surface area contributed by atoms with Crippen LogP contribution in [-0.2, 0) is 9.53 Å². The number of carbonyl (C=O) groups is 3. The highest BCUT2D eigenvalue weighted by molar-refractivity contribution is 6.08. The van der Waals surface area contributed by atoms with Crippen molar-refractivity contribution in [3.05, 3.63) is 59.4 Å². The summed E-state index contributed by atoms with van der Waals surface area (Å²) < 4.78 is 24.3. The lowest BCUT2D eigenvalue weighted by atomic mass is 10.1. The van der Waals surface area contributed by atoms with Gasteiger partial charge in [0.25, 0.3) is 5.91 Å². The van der Waals surface area contributed by atoms with Crippen LogP contribution in [0, 0.1) is 11.2 Å². The van der Waals surface area contributed by atoms with Gasteiger partial charge in [0.15, 0.2) is 18.2 Å². The minimum Gasteiger partial charge on any atom is -0.479 e. The molecule has 0 aliphatic carbocycles. The number of amides is 3. The molecule has 0 saturated heterocycles. The molecule has 5 N–H and O–H groups in total. The Bertz CT molecular complexity index is 1000. The lowest BCUT2D eigenvalue weighted by molar-refractivity contribution is -0.157. The standard InChI is InChI=1S/C21H23FN4O5/c1-21(2,3)31-17(27)11-30-16-9-8-14(10-15(16)22)25-20(29)26-19(28)13-6-4-12(5-7-13)18(23)24/h4-10H,11H2,1-3H3,(H3,23,24)(H2,25,26,28,29). The molecule has 0 aliphatic heterocycles. The molecular formula is C21H23FN4O5. The Balaban J connectivity index is 1.91. The van der Waals surface area contributed by atoms with Gasteiger partial charge in [-0.25, -0.2) is 14.0 Å². The van der Waals surface area contributed by atoms with Crippen LogP contribution in [0.2, 0.25) is 0 Å². The van der Waals surface area contributed by atoms with Crippen molar-refractivity contribution in [2.75, 3.05) is 11.9 Å². The van der Waals surface area contributed by atoms with Crippen molar-refractivity contribution in [3.63, 3.8) is 0 Å². The van der Waals surface area contributed by atoms with Gasteiger partial charge < -0.3 is 20.5 Å². The van der Waals surface area contributed by atoms with Gasteiger partial charge in [0.2, 0.25) is 0 Å². The smallest absolute Gasteiger partial charge is 0.344 e. The third-order valence-corrected chi connectivity index (χ3v) is 3.64. The van der Waals surface area contributed by atoms with Crippen molar-refractivity contribution in [2.24, 2.45) is 5.73 Å². The van der Waals surface area contributed by atoms with Crippen molar-refractivity contribution >= 4 is 29.4 Å². The van der Waals surface area contributed by atoms with Gasteiger partial charge in [-0.1, -0.05) is 12.1 Å². The monoisotopic (exact) mass is 430 g/mol. The lowest BCUT2D eigenvalue weighted by Crippen LogP contribution is -2.34. The first kappa shape index (κ1) is 23.3. The number of anilines is 1. The van der Waals surface area contributed by atoms with E-state index in [2.05, 4.69) is 10.6 Å². The van der Waals surface area contributed by atoms with Crippen LogP contribution in [0.4, 0.5) is 14.9 Å². The fraction of sp³-hybridized carbons (Fsp3) is 0.238. The molecule has 2 aromatic rings. The van der Waals surface area contributed by atoms with Crippen LogP contribution < -0.4 is 21.1 Å². The molecule has 164 valence electrons. The third-order valence-electron chi connectivity index (χ3n) is 3.64. The predicted octanol–water partition coefficient (Wildman–Crippen LogP) is 2.79. The summed E-state index contributed by atoms with van der Waals surface area (Å²) >= 11 is 0. The number of ether oxygens (including phenoxy) is 2. The maximum atomic E-state index is 14.2. The van der Waals surface area contributed by atoms with Crippen LogP contribution >= 0.6 is 0 Å². The molecule has 0 aliphatic rings. The number of imide groups is 1. The van der Waals surface area contributed by atoms with Gasteiger partial charge in [0, 0.05) is 22.9 Å². The van der Waals surface area contributed by atoms with E-state index in [0.29, 0.717) is 5.56 Å². The summed E-state index contributed by atoms with van der Waals surface area (Å²) in [7, 11) is 0. The maximum absolute atomic E-state index is 14.2. The molecule has 0 spiro atoms. The Labute approximate surface area is 178 Å². The van der Waals surface area contributed by atoms with E-state index in [-0.39, 0.29) is 22.8 Å². The van der Waals surface area contributed by atoms with E-state index in [1.54, 1.807) is 20.8 Å². The van der Waals surface area contributed by atoms with Crippen LogP contribution in [0.1, 0.15) is 36.7 Å². The van der Waals surface area contributed by atoms with Gasteiger partial charge in [0.05, 0.1) is 0 Å². The molecule has 0 radical (unpaired) electrons. The van der Waals surface area contributed by atoms with E-state index in [1.807, 2.05) is 0 Å². The van der Waals surface area contributed by atoms with E-state index in [0.717, 1.165) is 6.07 Å². The minimum atomic E-state index is -0.873. The Morgan fingerprint density at radius 1 is 1.06 bits per heavy atom. The second-order valence-corrected chi connectivity index (χ2v) is 7.42. The second kappa shape index (κ2) is 9.70. The first-order valence-electron chi connectivity index (χ1n) is 9.15. The zero-order valence-corrected chi connectivity index (χ0v) is 17.2. The summed E-state index contributed by atoms with van der Waals surface area (Å²) in [5, 5.41) is 11.7. The number of benzene rings is 2. The summed E-state index contributed by atoms with van der Waals surface area (Å²) in [5.74, 6) is -2.50. The largest absolute Gasteiger partial charge is 0.479 e. The van der Waals surface area contributed by atoms with Gasteiger partial charge >= 0.3 is 12.0 Å². The number of nitrogen functional groups attached to an aromatic ring is 1. The number of urea groups is 1. The molecule has 2 aromatic carbocycles. The highest BCUT2D eigenvalue weighted by Crippen LogP contribution is 2.21. The summed E-state index contributed by atoms with van der Waals surface area (Å²) in [6.07, 6.45) is 0. The van der Waals surface area contributed by atoms with Gasteiger partial charge in [0.1, 0.15) is 11.4 Å². The molecule has 9 nitrogen and oxygen atoms in total. The number of nitrogens with one attached hydrogen (secondary N) is 3. The molecule has 3 amide bonds. The van der Waals surface area contributed by atoms with Crippen molar-refractivity contribution < 1.29 is 28.2 Å². The van der Waals surface area contributed by atoms with Crippen molar-refractivity contribution in [2.45, 2.75) is 26.4 Å². The van der Waals surface area contributed by atoms with Gasteiger partial charge in [-0.15, -0.1) is 0 Å². The molecule has 0 heterocycles. The average molecular weight is 430 g/mol. The van der Waals surface area contributed by atoms with Crippen LogP contribution in [0.3, 0.4) is 0 Å². The Kier molecular flexibility index (Phi) is 7.30. The van der Waals surface area contributed by atoms with Crippen LogP contribution in [-0.4, -0.2) is 36.0 Å². The quantitative estimate of drug-likeness (QED) is 0.315. The molecule has 0 saturated carbocycles. The molecule has 0 fully saturated rings. The molecule has 2 rings (SSSR count). The summed E-state index contributed by atoms with van der Waals surface area (Å²) in [4.78, 5) is 35.7. The first-order valence-corrected chi connectivity index (χ1v) is 9.15. The molecule has 0 aromatic heterocycles. The number of hydrogen-bond donors (Lipinski definition) is 4. The van der Waals surface area contributed by atoms with Gasteiger partial charge in [-0.2, -0.15) is 0 Å². The normalized spacial score (nSPS) is 10.7. The fourth-order valence-electron chi connectivity index (χ4n) is 2.34. The number of esters is 1. The Morgan fingerprint density at radius 3 is 2.23 bits per heavy atom. The van der Waals surface area contributed by atoms with E-state index in [4.69, 9.17) is 20.6 Å². The van der Waals surface area contributed by atoms with Crippen molar-refractivity contribution in [1.82, 2.24) is 5.32 Å². The minimum absolute atomic E-state index is 0.0688. The number of nitrogens with two attached hydrogens (primary N) is 1. The summed E-state index contributed by atoms with van der Waals surface area (Å²) in [6, 6.07) is 8.46. The molecule has 0 bridgehead atoms. The lowest BCUT2D eigenvalue weighted by Gasteiger charge is -2.19. The maximum Gasteiger partial charge on any atom is 0.344 e. The van der Waals surface area contributed by atoms with E-state index < -0.39 is 35.9 Å². The fourth-order valence-corrected chi connectivity index (χ4v) is 2.34. The molecular weight excluding hydrogens is 407 g/mol. The first-order chi connectivity index (χ1) is 14.4. The molecule has 31 heavy (non-hydrogen) atoms. The van der Waals surface area contributed by atoms with E-state index >= 15 is 0 Å². The zero-order chi connectivity index (χ0) is 23.2. The number of carbonyl (C=O) groups excluding carboxylic acids is 3. The summed E-state index contributed by atoms with van der Waals surface area (Å²) in [6.45, 7) is 4.62. The molecule has 10 heteroatoms. The van der Waals surface area contributed by atoms with E-state index in [9.17, 15) is 18.8 Å². The SMILES string of the molecule is CC(C)(C)OC(=O)COc1ccc(NC(=O)NC(=O)c2ccc(C(=N)N)cc2)cc1F. The summed E-state index contributed by atoms with van der Waals surface area (Å²) in [5.41, 5.74) is 5.34. The topological polar surface area (TPSA) is 144 Å². The predicted molar refractivity (Wildman–Crippen MR) is 112 cm³/mol. The number of rotatable bonds is 6. The Morgan fingerprint density at radius 2 is 1.68 bits per heavy atom. The molecule has 0 atom stereocenters. The second-order valence-electron chi connectivity index (χ2n) is 7.42. The van der Waals surface area contributed by atoms with Crippen LogP contribution in [0.5, 0.6) is 5.75 Å². The zero-order valence-electron chi connectivity index (χ0n) is 17.2. The van der Waals surface area contributed by atoms with Gasteiger partial charge in [-0.05, 0) is 45.0 Å². The van der Waals surface area contributed by atoms with Crippen LogP contribution in [0.25, 0.3) is 0 Å². The van der Waals surface area contributed by atoms with Crippen molar-refractivity contribution in [1.29, 1.82) is 5.41 Å². The Hall–Kier alpha value is -3.95. The highest BCUT2D eigenvalue weighted by Gasteiger charge is 2.17. The number of hydrogen-bond acceptors (Lipinski definition) is 6. The highest BCUT2D eigenvalue weighted by atomic mass is 19.1. The van der Waals surface area contributed by atoms with Crippen molar-refractivity contribution in [3.8, 4) is 5.75 Å². The van der Waals surface area contributed by atoms with Crippen LogP contribution in [0.15, 0.2) is 42.5 Å². The third kappa shape index (κ3) is 7.42. The van der Waals surface area contributed by atoms with Gasteiger partial charge in [-0.3, -0.25) is 15.5 Å². The number of halogens is 1. The number of amidine groups is 1. The molecule has 0 unspecified atom stereocenters. The van der Waals surface area contributed by atoms with E-state index in [1.165, 1.54) is 36.4 Å².